The number of nitrogens with one attached hydrogen (secondary N) is 2. The number of hydrogen-bond acceptors (Lipinski definition) is 3. The standard InChI is InChI=1S/C19H18ClN3OS/c1-13-6-8-14(9-7-13)17-12-22-19(23-17)25-11-10-21-18(24)15-4-2-3-5-16(15)20/h2-9,12H,10-11H2,1H3,(H,21,24)(H,22,23). The Kier molecular flexibility index (Phi) is 5.79. The van der Waals surface area contributed by atoms with Crippen LogP contribution in [0.15, 0.2) is 59.9 Å². The van der Waals surface area contributed by atoms with Crippen molar-refractivity contribution in [3.05, 3.63) is 70.9 Å². The maximum absolute atomic E-state index is 12.1. The van der Waals surface area contributed by atoms with Gasteiger partial charge < -0.3 is 10.3 Å². The zero-order valence-corrected chi connectivity index (χ0v) is 15.3. The van der Waals surface area contributed by atoms with E-state index < -0.39 is 0 Å². The topological polar surface area (TPSA) is 57.8 Å². The summed E-state index contributed by atoms with van der Waals surface area (Å²) in [6.07, 6.45) is 1.83. The van der Waals surface area contributed by atoms with Crippen LogP contribution in [-0.2, 0) is 0 Å². The fraction of sp³-hybridized carbons (Fsp3) is 0.158. The molecule has 0 saturated heterocycles. The molecular weight excluding hydrogens is 354 g/mol. The minimum Gasteiger partial charge on any atom is -0.351 e. The first-order valence-corrected chi connectivity index (χ1v) is 9.27. The Labute approximate surface area is 156 Å². The van der Waals surface area contributed by atoms with Crippen molar-refractivity contribution in [2.75, 3.05) is 12.3 Å². The van der Waals surface area contributed by atoms with E-state index in [1.165, 1.54) is 5.56 Å². The Hall–Kier alpha value is -2.24. The van der Waals surface area contributed by atoms with Gasteiger partial charge >= 0.3 is 0 Å². The number of aromatic amines is 1. The average molecular weight is 372 g/mol. The van der Waals surface area contributed by atoms with Crippen LogP contribution in [-0.4, -0.2) is 28.2 Å². The SMILES string of the molecule is Cc1ccc(-c2cnc(SCCNC(=O)c3ccccc3Cl)[nH]2)cc1. The van der Waals surface area contributed by atoms with Gasteiger partial charge in [-0.1, -0.05) is 65.3 Å². The smallest absolute Gasteiger partial charge is 0.252 e. The molecule has 0 spiro atoms. The lowest BCUT2D eigenvalue weighted by Crippen LogP contribution is -2.25. The molecule has 0 saturated carbocycles. The van der Waals surface area contributed by atoms with E-state index in [4.69, 9.17) is 11.6 Å². The lowest BCUT2D eigenvalue weighted by atomic mass is 10.1. The Morgan fingerprint density at radius 1 is 1.20 bits per heavy atom. The third-order valence-corrected chi connectivity index (χ3v) is 4.88. The molecule has 3 aromatic rings. The van der Waals surface area contributed by atoms with E-state index in [1.807, 2.05) is 6.20 Å². The van der Waals surface area contributed by atoms with Crippen LogP contribution in [0.25, 0.3) is 11.3 Å². The predicted molar refractivity (Wildman–Crippen MR) is 103 cm³/mol. The highest BCUT2D eigenvalue weighted by atomic mass is 35.5. The van der Waals surface area contributed by atoms with E-state index in [2.05, 4.69) is 46.5 Å². The van der Waals surface area contributed by atoms with Crippen molar-refractivity contribution in [1.29, 1.82) is 0 Å². The summed E-state index contributed by atoms with van der Waals surface area (Å²) in [6.45, 7) is 2.60. The minimum absolute atomic E-state index is 0.161. The van der Waals surface area contributed by atoms with Gasteiger partial charge in [0.25, 0.3) is 5.91 Å². The Morgan fingerprint density at radius 3 is 2.72 bits per heavy atom. The van der Waals surface area contributed by atoms with Gasteiger partial charge in [0.15, 0.2) is 5.16 Å². The first kappa shape index (κ1) is 17.6. The summed E-state index contributed by atoms with van der Waals surface area (Å²) < 4.78 is 0. The van der Waals surface area contributed by atoms with Crippen molar-refractivity contribution in [2.24, 2.45) is 0 Å². The van der Waals surface area contributed by atoms with Crippen LogP contribution in [0.4, 0.5) is 0 Å². The number of carbonyl (C=O) groups is 1. The molecule has 4 nitrogen and oxygen atoms in total. The number of aryl methyl sites for hydroxylation is 1. The molecule has 0 unspecified atom stereocenters. The molecule has 1 amide bonds. The highest BCUT2D eigenvalue weighted by Gasteiger charge is 2.09. The first-order chi connectivity index (χ1) is 12.1. The third-order valence-electron chi connectivity index (χ3n) is 3.66. The molecule has 1 heterocycles. The lowest BCUT2D eigenvalue weighted by molar-refractivity contribution is 0.0956. The average Bonchev–Trinajstić information content (AvgIpc) is 3.08. The number of carbonyl (C=O) groups excluding carboxylic acids is 1. The van der Waals surface area contributed by atoms with Gasteiger partial charge in [0.2, 0.25) is 0 Å². The molecule has 0 aliphatic rings. The largest absolute Gasteiger partial charge is 0.351 e. The fourth-order valence-electron chi connectivity index (χ4n) is 2.31. The third kappa shape index (κ3) is 4.65. The van der Waals surface area contributed by atoms with Crippen molar-refractivity contribution < 1.29 is 4.79 Å². The van der Waals surface area contributed by atoms with Gasteiger partial charge in [0, 0.05) is 12.3 Å². The second kappa shape index (κ2) is 8.23. The number of benzene rings is 2. The van der Waals surface area contributed by atoms with Crippen LogP contribution in [0.1, 0.15) is 15.9 Å². The van der Waals surface area contributed by atoms with Crippen molar-refractivity contribution in [3.63, 3.8) is 0 Å². The summed E-state index contributed by atoms with van der Waals surface area (Å²) in [7, 11) is 0. The van der Waals surface area contributed by atoms with Crippen LogP contribution in [0.5, 0.6) is 0 Å². The molecule has 2 N–H and O–H groups in total. The molecule has 128 valence electrons. The highest BCUT2D eigenvalue weighted by Crippen LogP contribution is 2.21. The first-order valence-electron chi connectivity index (χ1n) is 7.91. The fourth-order valence-corrected chi connectivity index (χ4v) is 3.24. The van der Waals surface area contributed by atoms with Gasteiger partial charge in [-0.25, -0.2) is 4.98 Å². The van der Waals surface area contributed by atoms with E-state index in [0.29, 0.717) is 17.1 Å². The molecule has 1 aromatic heterocycles. The number of rotatable bonds is 6. The normalized spacial score (nSPS) is 10.6. The van der Waals surface area contributed by atoms with Crippen molar-refractivity contribution in [2.45, 2.75) is 12.1 Å². The molecule has 0 fully saturated rings. The Bertz CT molecular complexity index is 861. The van der Waals surface area contributed by atoms with E-state index in [9.17, 15) is 4.79 Å². The molecular formula is C19H18ClN3OS. The van der Waals surface area contributed by atoms with Crippen LogP contribution >= 0.6 is 23.4 Å². The van der Waals surface area contributed by atoms with E-state index in [1.54, 1.807) is 36.0 Å². The van der Waals surface area contributed by atoms with E-state index in [-0.39, 0.29) is 5.91 Å². The predicted octanol–water partition coefficient (Wildman–Crippen LogP) is 4.56. The van der Waals surface area contributed by atoms with Crippen LogP contribution in [0.2, 0.25) is 5.02 Å². The Balaban J connectivity index is 1.49. The number of thioether (sulfide) groups is 1. The number of halogens is 1. The summed E-state index contributed by atoms with van der Waals surface area (Å²) in [5.41, 5.74) is 3.82. The molecule has 0 bridgehead atoms. The van der Waals surface area contributed by atoms with Gasteiger partial charge in [0.1, 0.15) is 0 Å². The van der Waals surface area contributed by atoms with Gasteiger partial charge in [0.05, 0.1) is 22.5 Å². The Morgan fingerprint density at radius 2 is 1.96 bits per heavy atom. The zero-order valence-electron chi connectivity index (χ0n) is 13.8. The maximum Gasteiger partial charge on any atom is 0.252 e. The lowest BCUT2D eigenvalue weighted by Gasteiger charge is -2.05. The molecule has 0 radical (unpaired) electrons. The summed E-state index contributed by atoms with van der Waals surface area (Å²) in [5, 5.41) is 4.16. The quantitative estimate of drug-likeness (QED) is 0.493. The van der Waals surface area contributed by atoms with Gasteiger partial charge in [-0.15, -0.1) is 0 Å². The van der Waals surface area contributed by atoms with Crippen molar-refractivity contribution in [1.82, 2.24) is 15.3 Å². The van der Waals surface area contributed by atoms with Crippen molar-refractivity contribution >= 4 is 29.3 Å². The minimum atomic E-state index is -0.161. The summed E-state index contributed by atoms with van der Waals surface area (Å²) in [6, 6.07) is 15.3. The molecule has 6 heteroatoms. The van der Waals surface area contributed by atoms with Gasteiger partial charge in [-0.3, -0.25) is 4.79 Å². The molecule has 0 atom stereocenters. The number of H-pyrrole nitrogens is 1. The molecule has 25 heavy (non-hydrogen) atoms. The second-order valence-corrected chi connectivity index (χ2v) is 7.04. The second-order valence-electron chi connectivity index (χ2n) is 5.55. The van der Waals surface area contributed by atoms with E-state index >= 15 is 0 Å². The van der Waals surface area contributed by atoms with Gasteiger partial charge in [-0.05, 0) is 24.6 Å². The molecule has 0 aliphatic carbocycles. The van der Waals surface area contributed by atoms with Crippen LogP contribution in [0, 0.1) is 6.92 Å². The number of aromatic nitrogens is 2. The number of nitrogens with zero attached hydrogens (tertiary/aromatic N) is 1. The van der Waals surface area contributed by atoms with Crippen molar-refractivity contribution in [3.8, 4) is 11.3 Å². The van der Waals surface area contributed by atoms with Crippen LogP contribution < -0.4 is 5.32 Å². The highest BCUT2D eigenvalue weighted by molar-refractivity contribution is 7.99. The monoisotopic (exact) mass is 371 g/mol. The zero-order chi connectivity index (χ0) is 17.6. The van der Waals surface area contributed by atoms with E-state index in [0.717, 1.165) is 22.2 Å². The summed E-state index contributed by atoms with van der Waals surface area (Å²) in [5.74, 6) is 0.558. The molecule has 2 aromatic carbocycles. The summed E-state index contributed by atoms with van der Waals surface area (Å²) in [4.78, 5) is 19.7. The molecule has 3 rings (SSSR count). The van der Waals surface area contributed by atoms with Crippen LogP contribution in [0.3, 0.4) is 0 Å². The molecule has 0 aliphatic heterocycles. The maximum atomic E-state index is 12.1. The van der Waals surface area contributed by atoms with Gasteiger partial charge in [-0.2, -0.15) is 0 Å². The number of hydrogen-bond donors (Lipinski definition) is 2. The number of amides is 1. The number of imidazole rings is 1. The summed E-state index contributed by atoms with van der Waals surface area (Å²) >= 11 is 7.58.